The number of rotatable bonds is 9. The molecular formula is C20H20FNO5. The van der Waals surface area contributed by atoms with E-state index in [1.54, 1.807) is 36.4 Å². The quantitative estimate of drug-likeness (QED) is 0.539. The van der Waals surface area contributed by atoms with Gasteiger partial charge in [-0.25, -0.2) is 9.18 Å². The smallest absolute Gasteiger partial charge is 0.344 e. The number of esters is 1. The van der Waals surface area contributed by atoms with Crippen molar-refractivity contribution in [3.05, 3.63) is 65.5 Å². The minimum Gasteiger partial charge on any atom is -0.482 e. The first-order chi connectivity index (χ1) is 13.0. The van der Waals surface area contributed by atoms with Crippen molar-refractivity contribution < 1.29 is 28.2 Å². The predicted molar refractivity (Wildman–Crippen MR) is 96.0 cm³/mol. The summed E-state index contributed by atoms with van der Waals surface area (Å²) in [6, 6.07) is 12.7. The summed E-state index contributed by atoms with van der Waals surface area (Å²) < 4.78 is 23.5. The lowest BCUT2D eigenvalue weighted by atomic mass is 10.1. The fourth-order valence-corrected chi connectivity index (χ4v) is 2.22. The number of ketones is 1. The largest absolute Gasteiger partial charge is 0.482 e. The molecule has 27 heavy (non-hydrogen) atoms. The second-order valence-corrected chi connectivity index (χ2v) is 5.72. The van der Waals surface area contributed by atoms with Gasteiger partial charge in [-0.1, -0.05) is 30.3 Å². The van der Waals surface area contributed by atoms with E-state index in [0.29, 0.717) is 23.3 Å². The van der Waals surface area contributed by atoms with E-state index in [9.17, 15) is 18.8 Å². The van der Waals surface area contributed by atoms with Crippen LogP contribution < -0.4 is 10.1 Å². The Morgan fingerprint density at radius 1 is 1.04 bits per heavy atom. The van der Waals surface area contributed by atoms with Crippen LogP contribution in [0.5, 0.6) is 5.75 Å². The summed E-state index contributed by atoms with van der Waals surface area (Å²) >= 11 is 0. The fraction of sp³-hybridized carbons (Fsp3) is 0.250. The maximum atomic E-state index is 13.4. The molecule has 0 spiro atoms. The third-order valence-corrected chi connectivity index (χ3v) is 3.64. The molecule has 2 aromatic carbocycles. The van der Waals surface area contributed by atoms with E-state index in [-0.39, 0.29) is 24.8 Å². The summed E-state index contributed by atoms with van der Waals surface area (Å²) in [4.78, 5) is 34.6. The zero-order valence-corrected chi connectivity index (χ0v) is 14.9. The van der Waals surface area contributed by atoms with Crippen LogP contribution in [0.15, 0.2) is 48.5 Å². The Balaban J connectivity index is 1.66. The van der Waals surface area contributed by atoms with Crippen molar-refractivity contribution >= 4 is 17.7 Å². The highest BCUT2D eigenvalue weighted by atomic mass is 19.1. The van der Waals surface area contributed by atoms with E-state index in [4.69, 9.17) is 9.47 Å². The van der Waals surface area contributed by atoms with E-state index in [0.717, 1.165) is 0 Å². The van der Waals surface area contributed by atoms with Crippen molar-refractivity contribution in [2.24, 2.45) is 0 Å². The summed E-state index contributed by atoms with van der Waals surface area (Å²) in [5, 5.41) is 2.55. The van der Waals surface area contributed by atoms with Crippen LogP contribution in [0.25, 0.3) is 0 Å². The van der Waals surface area contributed by atoms with Gasteiger partial charge >= 0.3 is 5.97 Å². The standard InChI is InChI=1S/C20H20FNO5/c1-14(23)16-6-4-7-17(11-16)26-13-20(25)27-12-19(24)22-10-9-15-5-2-3-8-18(15)21/h2-8,11H,9-10,12-13H2,1H3,(H,22,24). The molecule has 0 heterocycles. The molecule has 142 valence electrons. The summed E-state index contributed by atoms with van der Waals surface area (Å²) in [6.07, 6.45) is 0.335. The SMILES string of the molecule is CC(=O)c1cccc(OCC(=O)OCC(=O)NCCc2ccccc2F)c1. The van der Waals surface area contributed by atoms with Crippen molar-refractivity contribution in [2.75, 3.05) is 19.8 Å². The highest BCUT2D eigenvalue weighted by Gasteiger charge is 2.09. The highest BCUT2D eigenvalue weighted by Crippen LogP contribution is 2.13. The van der Waals surface area contributed by atoms with Crippen molar-refractivity contribution in [1.82, 2.24) is 5.32 Å². The Morgan fingerprint density at radius 3 is 2.56 bits per heavy atom. The normalized spacial score (nSPS) is 10.1. The number of hydrogen-bond donors (Lipinski definition) is 1. The molecule has 0 aromatic heterocycles. The molecule has 0 unspecified atom stereocenters. The monoisotopic (exact) mass is 373 g/mol. The van der Waals surface area contributed by atoms with E-state index in [2.05, 4.69) is 5.32 Å². The molecule has 0 saturated carbocycles. The Morgan fingerprint density at radius 2 is 1.81 bits per heavy atom. The van der Waals surface area contributed by atoms with Gasteiger partial charge in [0, 0.05) is 12.1 Å². The zero-order chi connectivity index (χ0) is 19.6. The lowest BCUT2D eigenvalue weighted by Gasteiger charge is -2.09. The summed E-state index contributed by atoms with van der Waals surface area (Å²) in [6.45, 7) is 0.820. The average molecular weight is 373 g/mol. The molecule has 0 atom stereocenters. The van der Waals surface area contributed by atoms with Gasteiger partial charge in [0.25, 0.3) is 5.91 Å². The summed E-state index contributed by atoms with van der Waals surface area (Å²) in [7, 11) is 0. The van der Waals surface area contributed by atoms with Crippen LogP contribution in [-0.2, 0) is 20.7 Å². The third kappa shape index (κ3) is 6.89. The third-order valence-electron chi connectivity index (χ3n) is 3.64. The maximum Gasteiger partial charge on any atom is 0.344 e. The number of ether oxygens (including phenoxy) is 2. The van der Waals surface area contributed by atoms with Gasteiger partial charge in [-0.2, -0.15) is 0 Å². The van der Waals surface area contributed by atoms with Crippen LogP contribution in [-0.4, -0.2) is 37.4 Å². The number of carbonyl (C=O) groups is 3. The number of hydrogen-bond acceptors (Lipinski definition) is 5. The first kappa shape index (κ1) is 20.1. The number of benzene rings is 2. The highest BCUT2D eigenvalue weighted by molar-refractivity contribution is 5.94. The van der Waals surface area contributed by atoms with E-state index >= 15 is 0 Å². The molecule has 1 amide bonds. The van der Waals surface area contributed by atoms with Crippen molar-refractivity contribution in [3.63, 3.8) is 0 Å². The first-order valence-electron chi connectivity index (χ1n) is 8.35. The number of nitrogens with one attached hydrogen (secondary N) is 1. The van der Waals surface area contributed by atoms with Gasteiger partial charge in [0.15, 0.2) is 19.0 Å². The van der Waals surface area contributed by atoms with E-state index in [1.165, 1.54) is 19.1 Å². The summed E-state index contributed by atoms with van der Waals surface area (Å²) in [5.41, 5.74) is 0.964. The molecule has 0 aliphatic heterocycles. The molecule has 0 bridgehead atoms. The van der Waals surface area contributed by atoms with Gasteiger partial charge in [-0.3, -0.25) is 9.59 Å². The van der Waals surface area contributed by atoms with Crippen LogP contribution >= 0.6 is 0 Å². The predicted octanol–water partition coefficient (Wildman–Crippen LogP) is 2.31. The molecule has 0 aliphatic rings. The molecule has 0 saturated heterocycles. The Bertz CT molecular complexity index is 822. The number of carbonyl (C=O) groups excluding carboxylic acids is 3. The van der Waals surface area contributed by atoms with Gasteiger partial charge in [0.2, 0.25) is 0 Å². The Labute approximate surface area is 156 Å². The minimum absolute atomic E-state index is 0.116. The van der Waals surface area contributed by atoms with Gasteiger partial charge in [-0.15, -0.1) is 0 Å². The van der Waals surface area contributed by atoms with Crippen LogP contribution in [0.1, 0.15) is 22.8 Å². The van der Waals surface area contributed by atoms with Gasteiger partial charge in [0.1, 0.15) is 11.6 Å². The second-order valence-electron chi connectivity index (χ2n) is 5.72. The second kappa shape index (κ2) is 10.1. The van der Waals surface area contributed by atoms with Gasteiger partial charge in [0.05, 0.1) is 0 Å². The van der Waals surface area contributed by atoms with Crippen molar-refractivity contribution in [1.29, 1.82) is 0 Å². The van der Waals surface area contributed by atoms with Crippen LogP contribution in [0.4, 0.5) is 4.39 Å². The molecule has 1 N–H and O–H groups in total. The Hall–Kier alpha value is -3.22. The van der Waals surface area contributed by atoms with Crippen molar-refractivity contribution in [3.8, 4) is 5.75 Å². The molecule has 0 aliphatic carbocycles. The number of Topliss-reactive ketones (excluding diaryl/α,β-unsaturated/α-hetero) is 1. The first-order valence-corrected chi connectivity index (χ1v) is 8.35. The molecular weight excluding hydrogens is 353 g/mol. The molecule has 2 aromatic rings. The molecule has 0 fully saturated rings. The summed E-state index contributed by atoms with van der Waals surface area (Å²) in [5.74, 6) is -1.29. The van der Waals surface area contributed by atoms with E-state index in [1.807, 2.05) is 0 Å². The molecule has 0 radical (unpaired) electrons. The number of amides is 1. The van der Waals surface area contributed by atoms with Gasteiger partial charge < -0.3 is 14.8 Å². The Kier molecular flexibility index (Phi) is 7.49. The topological polar surface area (TPSA) is 81.7 Å². The van der Waals surface area contributed by atoms with E-state index < -0.39 is 18.5 Å². The zero-order valence-electron chi connectivity index (χ0n) is 14.9. The minimum atomic E-state index is -0.715. The van der Waals surface area contributed by atoms with Gasteiger partial charge in [-0.05, 0) is 37.1 Å². The lowest BCUT2D eigenvalue weighted by Crippen LogP contribution is -2.31. The van der Waals surface area contributed by atoms with Crippen LogP contribution in [0.2, 0.25) is 0 Å². The molecule has 7 heteroatoms. The van der Waals surface area contributed by atoms with Crippen LogP contribution in [0.3, 0.4) is 0 Å². The average Bonchev–Trinajstić information content (AvgIpc) is 2.66. The number of halogens is 1. The van der Waals surface area contributed by atoms with Crippen LogP contribution in [0, 0.1) is 5.82 Å². The lowest BCUT2D eigenvalue weighted by molar-refractivity contribution is -0.150. The fourth-order valence-electron chi connectivity index (χ4n) is 2.22. The maximum absolute atomic E-state index is 13.4. The molecule has 6 nitrogen and oxygen atoms in total. The van der Waals surface area contributed by atoms with Crippen molar-refractivity contribution in [2.45, 2.75) is 13.3 Å². The molecule has 2 rings (SSSR count).